The van der Waals surface area contributed by atoms with Crippen LogP contribution in [-0.4, -0.2) is 22.5 Å². The van der Waals surface area contributed by atoms with Crippen LogP contribution in [0.25, 0.3) is 0 Å². The maximum Gasteiger partial charge on any atom is 0.308 e. The highest BCUT2D eigenvalue weighted by Gasteiger charge is 2.22. The molecule has 6 nitrogen and oxygen atoms in total. The van der Waals surface area contributed by atoms with Gasteiger partial charge in [0.15, 0.2) is 0 Å². The van der Waals surface area contributed by atoms with E-state index in [1.807, 2.05) is 13.8 Å². The van der Waals surface area contributed by atoms with Gasteiger partial charge in [-0.15, -0.1) is 0 Å². The molecule has 0 fully saturated rings. The van der Waals surface area contributed by atoms with Crippen molar-refractivity contribution in [2.45, 2.75) is 20.8 Å². The van der Waals surface area contributed by atoms with Gasteiger partial charge in [0.1, 0.15) is 5.69 Å². The second-order valence-electron chi connectivity index (χ2n) is 4.85. The van der Waals surface area contributed by atoms with Crippen LogP contribution >= 0.6 is 0 Å². The lowest BCUT2D eigenvalue weighted by atomic mass is 9.96. The number of nitro benzene ring substituents is 1. The first-order valence-electron chi connectivity index (χ1n) is 6.04. The highest BCUT2D eigenvalue weighted by molar-refractivity contribution is 5.72. The highest BCUT2D eigenvalue weighted by atomic mass is 16.6. The van der Waals surface area contributed by atoms with Crippen molar-refractivity contribution in [2.75, 3.05) is 11.9 Å². The quantitative estimate of drug-likeness (QED) is 0.610. The van der Waals surface area contributed by atoms with E-state index in [4.69, 9.17) is 5.11 Å². The lowest BCUT2D eigenvalue weighted by Gasteiger charge is -2.17. The SMILES string of the molecule is Cc1ccc(NCC(C(=O)O)C(C)C)c([N+](=O)[O-])c1. The van der Waals surface area contributed by atoms with Crippen molar-refractivity contribution in [1.82, 2.24) is 0 Å². The summed E-state index contributed by atoms with van der Waals surface area (Å²) in [4.78, 5) is 21.5. The van der Waals surface area contributed by atoms with Gasteiger partial charge in [-0.05, 0) is 24.5 Å². The fourth-order valence-electron chi connectivity index (χ4n) is 1.77. The number of hydrogen-bond acceptors (Lipinski definition) is 4. The molecule has 1 atom stereocenters. The number of hydrogen-bond donors (Lipinski definition) is 2. The average Bonchev–Trinajstić information content (AvgIpc) is 2.29. The van der Waals surface area contributed by atoms with Crippen LogP contribution in [0, 0.1) is 28.9 Å². The molecule has 0 heterocycles. The Morgan fingerprint density at radius 2 is 2.11 bits per heavy atom. The molecule has 1 rings (SSSR count). The third kappa shape index (κ3) is 3.94. The van der Waals surface area contributed by atoms with Gasteiger partial charge in [0, 0.05) is 12.6 Å². The predicted octanol–water partition coefficient (Wildman–Crippen LogP) is 2.67. The lowest BCUT2D eigenvalue weighted by Crippen LogP contribution is -2.27. The van der Waals surface area contributed by atoms with E-state index in [0.29, 0.717) is 5.69 Å². The van der Waals surface area contributed by atoms with Gasteiger partial charge in [0.2, 0.25) is 0 Å². The van der Waals surface area contributed by atoms with Crippen LogP contribution in [-0.2, 0) is 4.79 Å². The van der Waals surface area contributed by atoms with Gasteiger partial charge in [0.05, 0.1) is 10.8 Å². The smallest absolute Gasteiger partial charge is 0.308 e. The highest BCUT2D eigenvalue weighted by Crippen LogP contribution is 2.26. The molecule has 0 bridgehead atoms. The molecule has 0 aliphatic rings. The first-order valence-corrected chi connectivity index (χ1v) is 6.04. The summed E-state index contributed by atoms with van der Waals surface area (Å²) < 4.78 is 0. The van der Waals surface area contributed by atoms with Crippen LogP contribution in [0.1, 0.15) is 19.4 Å². The second-order valence-corrected chi connectivity index (χ2v) is 4.85. The van der Waals surface area contributed by atoms with E-state index in [0.717, 1.165) is 5.56 Å². The van der Waals surface area contributed by atoms with E-state index in [9.17, 15) is 14.9 Å². The van der Waals surface area contributed by atoms with Crippen LogP contribution in [0.15, 0.2) is 18.2 Å². The Kier molecular flexibility index (Phi) is 4.86. The molecule has 2 N–H and O–H groups in total. The molecule has 6 heteroatoms. The van der Waals surface area contributed by atoms with E-state index in [1.165, 1.54) is 6.07 Å². The van der Waals surface area contributed by atoms with E-state index >= 15 is 0 Å². The Morgan fingerprint density at radius 1 is 1.47 bits per heavy atom. The number of carboxylic acid groups (broad SMARTS) is 1. The number of aliphatic carboxylic acids is 1. The van der Waals surface area contributed by atoms with E-state index in [2.05, 4.69) is 5.32 Å². The maximum absolute atomic E-state index is 11.1. The molecule has 0 saturated heterocycles. The summed E-state index contributed by atoms with van der Waals surface area (Å²) in [5, 5.41) is 22.9. The maximum atomic E-state index is 11.1. The number of benzene rings is 1. The van der Waals surface area contributed by atoms with Gasteiger partial charge in [-0.3, -0.25) is 14.9 Å². The number of nitrogens with zero attached hydrogens (tertiary/aromatic N) is 1. The molecular formula is C13H18N2O4. The lowest BCUT2D eigenvalue weighted by molar-refractivity contribution is -0.384. The van der Waals surface area contributed by atoms with Crippen molar-refractivity contribution in [3.8, 4) is 0 Å². The number of nitrogens with one attached hydrogen (secondary N) is 1. The topological polar surface area (TPSA) is 92.5 Å². The minimum Gasteiger partial charge on any atom is -0.481 e. The predicted molar refractivity (Wildman–Crippen MR) is 72.3 cm³/mol. The molecule has 0 aromatic heterocycles. The normalized spacial score (nSPS) is 12.2. The second kappa shape index (κ2) is 6.17. The fraction of sp³-hybridized carbons (Fsp3) is 0.462. The van der Waals surface area contributed by atoms with E-state index < -0.39 is 16.8 Å². The molecule has 1 unspecified atom stereocenters. The van der Waals surface area contributed by atoms with Crippen molar-refractivity contribution < 1.29 is 14.8 Å². The van der Waals surface area contributed by atoms with Crippen molar-refractivity contribution in [3.63, 3.8) is 0 Å². The summed E-state index contributed by atoms with van der Waals surface area (Å²) in [5.41, 5.74) is 1.10. The average molecular weight is 266 g/mol. The van der Waals surface area contributed by atoms with Crippen LogP contribution < -0.4 is 5.32 Å². The van der Waals surface area contributed by atoms with Gasteiger partial charge in [-0.25, -0.2) is 0 Å². The molecule has 1 aromatic rings. The molecule has 1 aromatic carbocycles. The van der Waals surface area contributed by atoms with Gasteiger partial charge in [0.25, 0.3) is 5.69 Å². The van der Waals surface area contributed by atoms with Crippen LogP contribution in [0.3, 0.4) is 0 Å². The summed E-state index contributed by atoms with van der Waals surface area (Å²) in [6, 6.07) is 4.82. The van der Waals surface area contributed by atoms with Gasteiger partial charge < -0.3 is 10.4 Å². The van der Waals surface area contributed by atoms with Crippen molar-refractivity contribution in [2.24, 2.45) is 11.8 Å². The number of carboxylic acids is 1. The molecule has 0 saturated carbocycles. The summed E-state index contributed by atoms with van der Waals surface area (Å²) in [6.45, 7) is 5.55. The third-order valence-electron chi connectivity index (χ3n) is 2.98. The molecular weight excluding hydrogens is 248 g/mol. The van der Waals surface area contributed by atoms with Crippen molar-refractivity contribution >= 4 is 17.3 Å². The Balaban J connectivity index is 2.88. The van der Waals surface area contributed by atoms with E-state index in [-0.39, 0.29) is 18.2 Å². The van der Waals surface area contributed by atoms with Gasteiger partial charge in [-0.1, -0.05) is 19.9 Å². The van der Waals surface area contributed by atoms with Crippen molar-refractivity contribution in [3.05, 3.63) is 33.9 Å². The van der Waals surface area contributed by atoms with Crippen LogP contribution in [0.2, 0.25) is 0 Å². The Morgan fingerprint density at radius 3 is 2.58 bits per heavy atom. The van der Waals surface area contributed by atoms with Gasteiger partial charge >= 0.3 is 5.97 Å². The van der Waals surface area contributed by atoms with E-state index in [1.54, 1.807) is 19.1 Å². The van der Waals surface area contributed by atoms with Crippen LogP contribution in [0.5, 0.6) is 0 Å². The zero-order valence-electron chi connectivity index (χ0n) is 11.2. The summed E-state index contributed by atoms with van der Waals surface area (Å²) in [7, 11) is 0. The minimum atomic E-state index is -0.905. The first kappa shape index (κ1) is 14.9. The summed E-state index contributed by atoms with van der Waals surface area (Å²) >= 11 is 0. The summed E-state index contributed by atoms with van der Waals surface area (Å²) in [5.74, 6) is -1.53. The standard InChI is InChI=1S/C13H18N2O4/c1-8(2)10(13(16)17)7-14-11-5-4-9(3)6-12(11)15(18)19/h4-6,8,10,14H,7H2,1-3H3,(H,16,17). The number of anilines is 1. The number of rotatable bonds is 6. The first-order chi connectivity index (χ1) is 8.82. The fourth-order valence-corrected chi connectivity index (χ4v) is 1.77. The molecule has 19 heavy (non-hydrogen) atoms. The van der Waals surface area contributed by atoms with Crippen molar-refractivity contribution in [1.29, 1.82) is 0 Å². The number of nitro groups is 1. The zero-order chi connectivity index (χ0) is 14.6. The third-order valence-corrected chi connectivity index (χ3v) is 2.98. The molecule has 0 aliphatic carbocycles. The van der Waals surface area contributed by atoms with Gasteiger partial charge in [-0.2, -0.15) is 0 Å². The molecule has 0 spiro atoms. The number of aryl methyl sites for hydroxylation is 1. The Labute approximate surface area is 111 Å². The molecule has 0 aliphatic heterocycles. The molecule has 0 amide bonds. The van der Waals surface area contributed by atoms with Crippen LogP contribution in [0.4, 0.5) is 11.4 Å². The monoisotopic (exact) mass is 266 g/mol. The summed E-state index contributed by atoms with van der Waals surface area (Å²) in [6.07, 6.45) is 0. The minimum absolute atomic E-state index is 0.0344. The molecule has 104 valence electrons. The Bertz CT molecular complexity index is 486. The molecule has 0 radical (unpaired) electrons. The number of carbonyl (C=O) groups is 1. The Hall–Kier alpha value is -2.11. The largest absolute Gasteiger partial charge is 0.481 e. The zero-order valence-corrected chi connectivity index (χ0v) is 11.2.